The Morgan fingerprint density at radius 2 is 1.70 bits per heavy atom. The van der Waals surface area contributed by atoms with Crippen molar-refractivity contribution >= 4 is 21.4 Å². The predicted molar refractivity (Wildman–Crippen MR) is 81.9 cm³/mol. The van der Waals surface area contributed by atoms with Gasteiger partial charge in [0.25, 0.3) is 0 Å². The highest BCUT2D eigenvalue weighted by Crippen LogP contribution is 2.34. The summed E-state index contributed by atoms with van der Waals surface area (Å²) < 4.78 is 63.7. The van der Waals surface area contributed by atoms with Crippen molar-refractivity contribution < 1.29 is 21.6 Å². The van der Waals surface area contributed by atoms with Crippen LogP contribution in [0.1, 0.15) is 16.4 Å². The molecule has 0 radical (unpaired) electrons. The van der Waals surface area contributed by atoms with E-state index in [-0.39, 0.29) is 17.0 Å². The van der Waals surface area contributed by atoms with Gasteiger partial charge in [-0.2, -0.15) is 13.2 Å². The van der Waals surface area contributed by atoms with Crippen LogP contribution in [0.2, 0.25) is 5.02 Å². The maximum atomic E-state index is 12.8. The van der Waals surface area contributed by atoms with Crippen LogP contribution in [-0.2, 0) is 16.0 Å². The summed E-state index contributed by atoms with van der Waals surface area (Å²) in [6.45, 7) is -0.341. The van der Waals surface area contributed by atoms with E-state index in [1.165, 1.54) is 30.3 Å². The van der Waals surface area contributed by atoms with Crippen LogP contribution < -0.4 is 5.73 Å². The molecule has 124 valence electrons. The number of halogens is 4. The molecule has 0 saturated heterocycles. The lowest BCUT2D eigenvalue weighted by Crippen LogP contribution is -2.22. The SMILES string of the molecule is NC[C@H](c1cccc(C(F)(F)F)c1)S(=O)(=O)c1ccc(Cl)cc1. The van der Waals surface area contributed by atoms with Crippen molar-refractivity contribution in [2.75, 3.05) is 6.54 Å². The molecule has 0 aliphatic heterocycles. The molecular weight excluding hydrogens is 351 g/mol. The molecule has 2 aromatic carbocycles. The Kier molecular flexibility index (Phi) is 5.03. The maximum absolute atomic E-state index is 12.8. The molecule has 0 aliphatic carbocycles. The first-order valence-corrected chi connectivity index (χ1v) is 8.45. The largest absolute Gasteiger partial charge is 0.416 e. The molecule has 0 aliphatic rings. The molecule has 0 saturated carbocycles. The number of hydrogen-bond acceptors (Lipinski definition) is 3. The highest BCUT2D eigenvalue weighted by Gasteiger charge is 2.33. The number of alkyl halides is 3. The third-order valence-electron chi connectivity index (χ3n) is 3.32. The summed E-state index contributed by atoms with van der Waals surface area (Å²) in [5.41, 5.74) is 4.61. The van der Waals surface area contributed by atoms with Gasteiger partial charge in [-0.3, -0.25) is 0 Å². The van der Waals surface area contributed by atoms with Gasteiger partial charge >= 0.3 is 6.18 Å². The third-order valence-corrected chi connectivity index (χ3v) is 5.71. The summed E-state index contributed by atoms with van der Waals surface area (Å²) in [5, 5.41) is -0.918. The molecule has 3 nitrogen and oxygen atoms in total. The number of benzene rings is 2. The molecule has 0 bridgehead atoms. The minimum atomic E-state index is -4.56. The first-order valence-electron chi connectivity index (χ1n) is 6.53. The topological polar surface area (TPSA) is 60.2 Å². The fourth-order valence-corrected chi connectivity index (χ4v) is 3.87. The van der Waals surface area contributed by atoms with Crippen LogP contribution in [0, 0.1) is 0 Å². The smallest absolute Gasteiger partial charge is 0.329 e. The number of rotatable bonds is 4. The lowest BCUT2D eigenvalue weighted by molar-refractivity contribution is -0.137. The van der Waals surface area contributed by atoms with Gasteiger partial charge in [0.2, 0.25) is 0 Å². The van der Waals surface area contributed by atoms with Crippen molar-refractivity contribution in [1.82, 2.24) is 0 Å². The van der Waals surface area contributed by atoms with E-state index in [2.05, 4.69) is 0 Å². The Hall–Kier alpha value is -1.57. The monoisotopic (exact) mass is 363 g/mol. The predicted octanol–water partition coefficient (Wildman–Crippen LogP) is 3.83. The number of nitrogens with two attached hydrogens (primary N) is 1. The van der Waals surface area contributed by atoms with Crippen molar-refractivity contribution in [2.24, 2.45) is 5.73 Å². The van der Waals surface area contributed by atoms with Crippen LogP contribution in [0.25, 0.3) is 0 Å². The molecule has 0 heterocycles. The molecule has 23 heavy (non-hydrogen) atoms. The van der Waals surface area contributed by atoms with Crippen molar-refractivity contribution in [3.05, 3.63) is 64.7 Å². The maximum Gasteiger partial charge on any atom is 0.416 e. The quantitative estimate of drug-likeness (QED) is 0.898. The lowest BCUT2D eigenvalue weighted by atomic mass is 10.1. The fraction of sp³-hybridized carbons (Fsp3) is 0.200. The Morgan fingerprint density at radius 3 is 2.22 bits per heavy atom. The van der Waals surface area contributed by atoms with Crippen molar-refractivity contribution in [2.45, 2.75) is 16.3 Å². The molecular formula is C15H13ClF3NO2S. The van der Waals surface area contributed by atoms with E-state index in [1.807, 2.05) is 0 Å². The van der Waals surface area contributed by atoms with Crippen LogP contribution in [-0.4, -0.2) is 15.0 Å². The normalized spacial score (nSPS) is 13.8. The molecule has 2 N–H and O–H groups in total. The molecule has 8 heteroatoms. The second kappa shape index (κ2) is 6.51. The van der Waals surface area contributed by atoms with Crippen molar-refractivity contribution in [3.8, 4) is 0 Å². The Morgan fingerprint density at radius 1 is 1.09 bits per heavy atom. The summed E-state index contributed by atoms with van der Waals surface area (Å²) in [4.78, 5) is -0.0465. The second-order valence-electron chi connectivity index (χ2n) is 4.85. The number of hydrogen-bond donors (Lipinski definition) is 1. The Labute approximate surface area is 136 Å². The fourth-order valence-electron chi connectivity index (χ4n) is 2.15. The minimum absolute atomic E-state index is 0.00252. The molecule has 0 spiro atoms. The minimum Gasteiger partial charge on any atom is -0.329 e. The Bertz CT molecular complexity index is 789. The van der Waals surface area contributed by atoms with E-state index in [0.717, 1.165) is 18.2 Å². The first kappa shape index (κ1) is 17.8. The summed E-state index contributed by atoms with van der Waals surface area (Å²) in [6, 6.07) is 9.57. The van der Waals surface area contributed by atoms with E-state index >= 15 is 0 Å². The zero-order chi connectivity index (χ0) is 17.3. The average Bonchev–Trinajstić information content (AvgIpc) is 2.47. The van der Waals surface area contributed by atoms with Crippen molar-refractivity contribution in [1.29, 1.82) is 0 Å². The van der Waals surface area contributed by atoms with Crippen molar-refractivity contribution in [3.63, 3.8) is 0 Å². The summed E-state index contributed by atoms with van der Waals surface area (Å²) >= 11 is 5.72. The van der Waals surface area contributed by atoms with Gasteiger partial charge in [0, 0.05) is 11.6 Å². The molecule has 2 aromatic rings. The van der Waals surface area contributed by atoms with Gasteiger partial charge in [0.05, 0.1) is 10.5 Å². The zero-order valence-electron chi connectivity index (χ0n) is 11.7. The van der Waals surface area contributed by atoms with Gasteiger partial charge < -0.3 is 5.73 Å². The van der Waals surface area contributed by atoms with E-state index in [4.69, 9.17) is 17.3 Å². The van der Waals surface area contributed by atoms with Gasteiger partial charge in [-0.1, -0.05) is 29.8 Å². The van der Waals surface area contributed by atoms with E-state index in [1.54, 1.807) is 0 Å². The van der Waals surface area contributed by atoms with Crippen LogP contribution in [0.4, 0.5) is 13.2 Å². The summed E-state index contributed by atoms with van der Waals surface area (Å²) in [5.74, 6) is 0. The standard InChI is InChI=1S/C15H13ClF3NO2S/c16-12-4-6-13(7-5-12)23(21,22)14(9-20)10-2-1-3-11(8-10)15(17,18)19/h1-8,14H,9,20H2/t14-/m1/s1. The molecule has 0 amide bonds. The van der Waals surface area contributed by atoms with Crippen LogP contribution >= 0.6 is 11.6 Å². The summed E-state index contributed by atoms with van der Waals surface area (Å²) in [6.07, 6.45) is -4.56. The van der Waals surface area contributed by atoms with Crippen LogP contribution in [0.5, 0.6) is 0 Å². The van der Waals surface area contributed by atoms with Gasteiger partial charge in [0.15, 0.2) is 9.84 Å². The Balaban J connectivity index is 2.49. The van der Waals surface area contributed by atoms with E-state index < -0.39 is 26.8 Å². The third kappa shape index (κ3) is 3.85. The lowest BCUT2D eigenvalue weighted by Gasteiger charge is -2.18. The van der Waals surface area contributed by atoms with Gasteiger partial charge in [-0.05, 0) is 35.9 Å². The zero-order valence-corrected chi connectivity index (χ0v) is 13.3. The molecule has 0 fully saturated rings. The highest BCUT2D eigenvalue weighted by atomic mass is 35.5. The van der Waals surface area contributed by atoms with Crippen LogP contribution in [0.3, 0.4) is 0 Å². The summed E-state index contributed by atoms with van der Waals surface area (Å²) in [7, 11) is -3.93. The molecule has 0 aromatic heterocycles. The molecule has 1 atom stereocenters. The first-order chi connectivity index (χ1) is 10.7. The molecule has 0 unspecified atom stereocenters. The van der Waals surface area contributed by atoms with Crippen LogP contribution in [0.15, 0.2) is 53.4 Å². The average molecular weight is 364 g/mol. The van der Waals surface area contributed by atoms with Gasteiger partial charge in [-0.15, -0.1) is 0 Å². The second-order valence-corrected chi connectivity index (χ2v) is 7.41. The molecule has 2 rings (SSSR count). The van der Waals surface area contributed by atoms with Gasteiger partial charge in [0.1, 0.15) is 5.25 Å². The van der Waals surface area contributed by atoms with E-state index in [9.17, 15) is 21.6 Å². The number of sulfone groups is 1. The van der Waals surface area contributed by atoms with Gasteiger partial charge in [-0.25, -0.2) is 8.42 Å². The highest BCUT2D eigenvalue weighted by molar-refractivity contribution is 7.91. The van der Waals surface area contributed by atoms with E-state index in [0.29, 0.717) is 5.02 Å².